The van der Waals surface area contributed by atoms with Crippen LogP contribution >= 0.6 is 11.6 Å². The second-order valence-electron chi connectivity index (χ2n) is 2.37. The summed E-state index contributed by atoms with van der Waals surface area (Å²) in [7, 11) is 0. The van der Waals surface area contributed by atoms with Crippen molar-refractivity contribution in [1.82, 2.24) is 0 Å². The van der Waals surface area contributed by atoms with Gasteiger partial charge in [0.05, 0.1) is 0 Å². The molecule has 72 valence electrons. The molecule has 1 aromatic carbocycles. The first-order valence-electron chi connectivity index (χ1n) is 4.02. The van der Waals surface area contributed by atoms with Crippen molar-refractivity contribution in [2.75, 3.05) is 0 Å². The Hall–Kier alpha value is -1.02. The van der Waals surface area contributed by atoms with E-state index in [9.17, 15) is 4.79 Å². The van der Waals surface area contributed by atoms with Gasteiger partial charge in [-0.3, -0.25) is 4.79 Å². The van der Waals surface area contributed by atoms with Gasteiger partial charge in [0, 0.05) is 12.3 Å². The molecule has 2 nitrogen and oxygen atoms in total. The molecule has 0 aliphatic heterocycles. The molecule has 0 saturated heterocycles. The van der Waals surface area contributed by atoms with Gasteiger partial charge in [0.25, 0.3) is 0 Å². The smallest absolute Gasteiger partial charge is 0.303 e. The van der Waals surface area contributed by atoms with Crippen LogP contribution in [0.3, 0.4) is 0 Å². The highest BCUT2D eigenvalue weighted by atomic mass is 35.5. The van der Waals surface area contributed by atoms with Crippen LogP contribution in [0.5, 0.6) is 0 Å². The van der Waals surface area contributed by atoms with Crippen molar-refractivity contribution in [2.45, 2.75) is 19.2 Å². The lowest BCUT2D eigenvalue weighted by molar-refractivity contribution is -0.136. The molecule has 0 saturated carbocycles. The molecule has 0 radical (unpaired) electrons. The Balaban J connectivity index is 0.000000252. The normalized spacial score (nSPS) is 8.46. The number of carboxylic acids is 1. The van der Waals surface area contributed by atoms with Crippen molar-refractivity contribution >= 4 is 17.6 Å². The largest absolute Gasteiger partial charge is 0.481 e. The zero-order valence-corrected chi connectivity index (χ0v) is 8.29. The Labute approximate surface area is 83.2 Å². The zero-order chi connectivity index (χ0) is 10.1. The third-order valence-corrected chi connectivity index (χ3v) is 1.61. The third-order valence-electron chi connectivity index (χ3n) is 1.30. The van der Waals surface area contributed by atoms with Crippen LogP contribution in [-0.4, -0.2) is 11.1 Å². The molecule has 0 atom stereocenters. The second-order valence-corrected chi connectivity index (χ2v) is 2.63. The van der Waals surface area contributed by atoms with Crippen molar-refractivity contribution in [3.63, 3.8) is 0 Å². The fourth-order valence-electron chi connectivity index (χ4n) is 0.567. The molecule has 0 bridgehead atoms. The molecule has 0 amide bonds. The number of benzene rings is 1. The van der Waals surface area contributed by atoms with Crippen molar-refractivity contribution in [3.8, 4) is 0 Å². The molecule has 13 heavy (non-hydrogen) atoms. The van der Waals surface area contributed by atoms with E-state index < -0.39 is 5.97 Å². The maximum atomic E-state index is 9.37. The van der Waals surface area contributed by atoms with Gasteiger partial charge >= 0.3 is 5.97 Å². The Kier molecular flexibility index (Phi) is 7.02. The minimum atomic E-state index is -0.745. The zero-order valence-electron chi connectivity index (χ0n) is 7.53. The predicted octanol–water partition coefficient (Wildman–Crippen LogP) is 2.91. The number of hydrogen-bond acceptors (Lipinski definition) is 1. The fraction of sp³-hybridized carbons (Fsp3) is 0.300. The first kappa shape index (κ1) is 12.0. The highest BCUT2D eigenvalue weighted by Crippen LogP contribution is 2.00. The molecule has 3 heteroatoms. The van der Waals surface area contributed by atoms with Gasteiger partial charge in [-0.15, -0.1) is 11.6 Å². The van der Waals surface area contributed by atoms with Gasteiger partial charge in [0.15, 0.2) is 0 Å². The summed E-state index contributed by atoms with van der Waals surface area (Å²) >= 11 is 5.53. The van der Waals surface area contributed by atoms with E-state index >= 15 is 0 Å². The van der Waals surface area contributed by atoms with E-state index in [1.165, 1.54) is 5.56 Å². The predicted molar refractivity (Wildman–Crippen MR) is 53.9 cm³/mol. The minimum Gasteiger partial charge on any atom is -0.481 e. The van der Waals surface area contributed by atoms with Gasteiger partial charge in [-0.1, -0.05) is 37.3 Å². The molecule has 0 fully saturated rings. The SMILES string of the molecule is CCC(=O)O.ClCc1ccccc1. The van der Waals surface area contributed by atoms with Crippen LogP contribution in [0.15, 0.2) is 30.3 Å². The lowest BCUT2D eigenvalue weighted by atomic mass is 10.2. The average molecular weight is 201 g/mol. The highest BCUT2D eigenvalue weighted by Gasteiger charge is 1.81. The lowest BCUT2D eigenvalue weighted by Gasteiger charge is -1.88. The molecular weight excluding hydrogens is 188 g/mol. The maximum Gasteiger partial charge on any atom is 0.303 e. The third kappa shape index (κ3) is 7.34. The molecule has 0 heterocycles. The molecule has 1 aromatic rings. The van der Waals surface area contributed by atoms with Crippen molar-refractivity contribution in [3.05, 3.63) is 35.9 Å². The van der Waals surface area contributed by atoms with Crippen LogP contribution < -0.4 is 0 Å². The van der Waals surface area contributed by atoms with Gasteiger partial charge in [0.2, 0.25) is 0 Å². The second kappa shape index (κ2) is 7.62. The molecule has 1 rings (SSSR count). The first-order chi connectivity index (χ1) is 6.20. The summed E-state index contributed by atoms with van der Waals surface area (Å²) in [6, 6.07) is 9.96. The fourth-order valence-corrected chi connectivity index (χ4v) is 0.745. The first-order valence-corrected chi connectivity index (χ1v) is 4.55. The molecule has 0 aliphatic carbocycles. The summed E-state index contributed by atoms with van der Waals surface area (Å²) in [5.74, 6) is -0.133. The van der Waals surface area contributed by atoms with Crippen molar-refractivity contribution < 1.29 is 9.90 Å². The molecule has 0 unspecified atom stereocenters. The average Bonchev–Trinajstić information content (AvgIpc) is 2.20. The van der Waals surface area contributed by atoms with E-state index in [0.717, 1.165) is 0 Å². The molecule has 1 N–H and O–H groups in total. The Bertz CT molecular complexity index is 234. The summed E-state index contributed by atoms with van der Waals surface area (Å²) in [5, 5.41) is 7.72. The van der Waals surface area contributed by atoms with E-state index in [0.29, 0.717) is 5.88 Å². The molecule has 0 spiro atoms. The van der Waals surface area contributed by atoms with Crippen LogP contribution in [0.2, 0.25) is 0 Å². The number of halogens is 1. The number of aliphatic carboxylic acids is 1. The quantitative estimate of drug-likeness (QED) is 0.746. The van der Waals surface area contributed by atoms with Crippen LogP contribution in [0.4, 0.5) is 0 Å². The Morgan fingerprint density at radius 2 is 1.85 bits per heavy atom. The standard InChI is InChI=1S/C7H7Cl.C3H6O2/c8-6-7-4-2-1-3-5-7;1-2-3(4)5/h1-5H,6H2;2H2,1H3,(H,4,5). The highest BCUT2D eigenvalue weighted by molar-refractivity contribution is 6.17. The van der Waals surface area contributed by atoms with Gasteiger partial charge < -0.3 is 5.11 Å². The summed E-state index contributed by atoms with van der Waals surface area (Å²) < 4.78 is 0. The number of carboxylic acid groups (broad SMARTS) is 1. The number of alkyl halides is 1. The van der Waals surface area contributed by atoms with Gasteiger partial charge in [0.1, 0.15) is 0 Å². The summed E-state index contributed by atoms with van der Waals surface area (Å²) in [6.07, 6.45) is 0.222. The Morgan fingerprint density at radius 3 is 2.08 bits per heavy atom. The van der Waals surface area contributed by atoms with E-state index in [1.54, 1.807) is 6.92 Å². The van der Waals surface area contributed by atoms with E-state index in [1.807, 2.05) is 30.3 Å². The van der Waals surface area contributed by atoms with Crippen LogP contribution in [-0.2, 0) is 10.7 Å². The van der Waals surface area contributed by atoms with Gasteiger partial charge in [-0.2, -0.15) is 0 Å². The maximum absolute atomic E-state index is 9.37. The summed E-state index contributed by atoms with van der Waals surface area (Å²) in [5.41, 5.74) is 1.18. The van der Waals surface area contributed by atoms with Gasteiger partial charge in [-0.25, -0.2) is 0 Å². The number of rotatable bonds is 2. The summed E-state index contributed by atoms with van der Waals surface area (Å²) in [4.78, 5) is 9.37. The monoisotopic (exact) mass is 200 g/mol. The number of carbonyl (C=O) groups is 1. The van der Waals surface area contributed by atoms with Gasteiger partial charge in [-0.05, 0) is 5.56 Å². The topological polar surface area (TPSA) is 37.3 Å². The van der Waals surface area contributed by atoms with E-state index in [-0.39, 0.29) is 6.42 Å². The molecular formula is C10H13ClO2. The summed E-state index contributed by atoms with van der Waals surface area (Å²) in [6.45, 7) is 1.60. The molecule has 0 aromatic heterocycles. The van der Waals surface area contributed by atoms with E-state index in [4.69, 9.17) is 16.7 Å². The van der Waals surface area contributed by atoms with Crippen LogP contribution in [0.1, 0.15) is 18.9 Å². The number of hydrogen-bond donors (Lipinski definition) is 1. The molecule has 0 aliphatic rings. The lowest BCUT2D eigenvalue weighted by Crippen LogP contribution is -1.86. The Morgan fingerprint density at radius 1 is 1.38 bits per heavy atom. The van der Waals surface area contributed by atoms with Crippen LogP contribution in [0.25, 0.3) is 0 Å². The van der Waals surface area contributed by atoms with Crippen molar-refractivity contribution in [2.24, 2.45) is 0 Å². The van der Waals surface area contributed by atoms with Crippen molar-refractivity contribution in [1.29, 1.82) is 0 Å². The minimum absolute atomic E-state index is 0.222. The van der Waals surface area contributed by atoms with Crippen LogP contribution in [0, 0.1) is 0 Å². The van der Waals surface area contributed by atoms with E-state index in [2.05, 4.69) is 0 Å².